The quantitative estimate of drug-likeness (QED) is 0.575. The fraction of sp³-hybridized carbons (Fsp3) is 0.429. The first-order valence-electron chi connectivity index (χ1n) is 3.15. The van der Waals surface area contributed by atoms with Gasteiger partial charge < -0.3 is 4.98 Å². The Morgan fingerprint density at radius 1 is 1.60 bits per heavy atom. The van der Waals surface area contributed by atoms with Gasteiger partial charge in [0, 0.05) is 11.9 Å². The lowest BCUT2D eigenvalue weighted by Crippen LogP contribution is -2.14. The van der Waals surface area contributed by atoms with E-state index in [9.17, 15) is 0 Å². The lowest BCUT2D eigenvalue weighted by molar-refractivity contribution is 0.393. The van der Waals surface area contributed by atoms with Gasteiger partial charge in [-0.3, -0.25) is 4.90 Å². The second-order valence-electron chi connectivity index (χ2n) is 2.42. The Morgan fingerprint density at radius 2 is 2.30 bits per heavy atom. The highest BCUT2D eigenvalue weighted by atomic mass is 79.9. The molecular formula is C7H11BrN2. The largest absolute Gasteiger partial charge is 0.363 e. The summed E-state index contributed by atoms with van der Waals surface area (Å²) >= 11 is 3.52. The van der Waals surface area contributed by atoms with Gasteiger partial charge in [0.25, 0.3) is 0 Å². The minimum atomic E-state index is 0.294. The van der Waals surface area contributed by atoms with E-state index in [1.807, 2.05) is 26.4 Å². The SMILES string of the molecule is CN(C)C(Br)c1ccc[nH]1. The van der Waals surface area contributed by atoms with E-state index in [4.69, 9.17) is 0 Å². The van der Waals surface area contributed by atoms with Crippen LogP contribution in [0.3, 0.4) is 0 Å². The molecule has 1 atom stereocenters. The number of H-pyrrole nitrogens is 1. The molecule has 0 aromatic carbocycles. The smallest absolute Gasteiger partial charge is 0.106 e. The first-order valence-corrected chi connectivity index (χ1v) is 4.07. The number of aromatic nitrogens is 1. The van der Waals surface area contributed by atoms with Gasteiger partial charge in [-0.15, -0.1) is 0 Å². The molecule has 0 spiro atoms. The van der Waals surface area contributed by atoms with Crippen molar-refractivity contribution in [3.63, 3.8) is 0 Å². The second-order valence-corrected chi connectivity index (χ2v) is 3.29. The molecule has 0 fully saturated rings. The molecule has 56 valence electrons. The fourth-order valence-electron chi connectivity index (χ4n) is 0.771. The summed E-state index contributed by atoms with van der Waals surface area (Å²) in [5, 5.41) is 0. The van der Waals surface area contributed by atoms with E-state index in [1.165, 1.54) is 5.69 Å². The van der Waals surface area contributed by atoms with Crippen molar-refractivity contribution >= 4 is 15.9 Å². The van der Waals surface area contributed by atoms with Crippen LogP contribution in [0.5, 0.6) is 0 Å². The zero-order valence-corrected chi connectivity index (χ0v) is 7.72. The molecule has 3 heteroatoms. The molecule has 0 saturated carbocycles. The molecule has 0 radical (unpaired) electrons. The minimum absolute atomic E-state index is 0.294. The van der Waals surface area contributed by atoms with Crippen LogP contribution in [0.25, 0.3) is 0 Å². The average molecular weight is 203 g/mol. The number of alkyl halides is 1. The Morgan fingerprint density at radius 3 is 2.70 bits per heavy atom. The molecule has 0 aliphatic rings. The van der Waals surface area contributed by atoms with Gasteiger partial charge in [-0.05, 0) is 26.2 Å². The highest BCUT2D eigenvalue weighted by molar-refractivity contribution is 9.09. The van der Waals surface area contributed by atoms with E-state index in [-0.39, 0.29) is 0 Å². The Balaban J connectivity index is 2.68. The van der Waals surface area contributed by atoms with Crippen molar-refractivity contribution in [1.29, 1.82) is 0 Å². The number of hydrogen-bond acceptors (Lipinski definition) is 1. The highest BCUT2D eigenvalue weighted by Crippen LogP contribution is 2.21. The molecule has 1 aromatic heterocycles. The van der Waals surface area contributed by atoms with Crippen molar-refractivity contribution in [2.75, 3.05) is 14.1 Å². The van der Waals surface area contributed by atoms with Crippen LogP contribution < -0.4 is 0 Å². The molecule has 0 saturated heterocycles. The summed E-state index contributed by atoms with van der Waals surface area (Å²) in [4.78, 5) is 5.51. The zero-order valence-electron chi connectivity index (χ0n) is 6.13. The summed E-state index contributed by atoms with van der Waals surface area (Å²) in [5.74, 6) is 0. The summed E-state index contributed by atoms with van der Waals surface area (Å²) < 4.78 is 0. The fourth-order valence-corrected chi connectivity index (χ4v) is 1.06. The third kappa shape index (κ3) is 1.61. The first kappa shape index (κ1) is 7.82. The Hall–Kier alpha value is -0.280. The van der Waals surface area contributed by atoms with E-state index in [0.717, 1.165) is 0 Å². The van der Waals surface area contributed by atoms with Crippen molar-refractivity contribution in [1.82, 2.24) is 9.88 Å². The van der Waals surface area contributed by atoms with Crippen molar-refractivity contribution in [3.05, 3.63) is 24.0 Å². The van der Waals surface area contributed by atoms with Gasteiger partial charge in [-0.1, -0.05) is 15.9 Å². The summed E-state index contributed by atoms with van der Waals surface area (Å²) in [6.07, 6.45) is 1.92. The maximum absolute atomic E-state index is 3.52. The second kappa shape index (κ2) is 3.21. The summed E-state index contributed by atoms with van der Waals surface area (Å²) in [5.41, 5.74) is 1.19. The Bertz CT molecular complexity index is 181. The third-order valence-electron chi connectivity index (χ3n) is 1.33. The van der Waals surface area contributed by atoms with Crippen LogP contribution in [0.4, 0.5) is 0 Å². The molecular weight excluding hydrogens is 192 g/mol. The molecule has 1 heterocycles. The zero-order chi connectivity index (χ0) is 7.56. The molecule has 2 nitrogen and oxygen atoms in total. The van der Waals surface area contributed by atoms with Gasteiger partial charge in [0.05, 0.1) is 0 Å². The van der Waals surface area contributed by atoms with E-state index >= 15 is 0 Å². The predicted molar refractivity (Wildman–Crippen MR) is 46.1 cm³/mol. The molecule has 1 unspecified atom stereocenters. The normalized spacial score (nSPS) is 14.0. The lowest BCUT2D eigenvalue weighted by atomic mass is 10.4. The van der Waals surface area contributed by atoms with Crippen LogP contribution in [0, 0.1) is 0 Å². The Kier molecular flexibility index (Phi) is 2.51. The third-order valence-corrected chi connectivity index (χ3v) is 2.64. The summed E-state index contributed by atoms with van der Waals surface area (Å²) in [7, 11) is 4.06. The number of hydrogen-bond donors (Lipinski definition) is 1. The van der Waals surface area contributed by atoms with Crippen molar-refractivity contribution in [3.8, 4) is 0 Å². The van der Waals surface area contributed by atoms with Crippen molar-refractivity contribution < 1.29 is 0 Å². The monoisotopic (exact) mass is 202 g/mol. The maximum atomic E-state index is 3.52. The molecule has 1 N–H and O–H groups in total. The van der Waals surface area contributed by atoms with E-state index in [2.05, 4.69) is 31.9 Å². The van der Waals surface area contributed by atoms with Gasteiger partial charge in [-0.25, -0.2) is 0 Å². The molecule has 0 amide bonds. The standard InChI is InChI=1S/C7H11BrN2/c1-10(2)7(8)6-4-3-5-9-6/h3-5,7,9H,1-2H3. The number of aromatic amines is 1. The van der Waals surface area contributed by atoms with Crippen LogP contribution in [-0.2, 0) is 0 Å². The van der Waals surface area contributed by atoms with Crippen molar-refractivity contribution in [2.45, 2.75) is 4.95 Å². The van der Waals surface area contributed by atoms with Crippen LogP contribution in [0.1, 0.15) is 10.6 Å². The molecule has 1 aromatic rings. The number of nitrogens with zero attached hydrogens (tertiary/aromatic N) is 1. The van der Waals surface area contributed by atoms with Crippen LogP contribution in [-0.4, -0.2) is 24.0 Å². The van der Waals surface area contributed by atoms with Gasteiger partial charge in [0.2, 0.25) is 0 Å². The molecule has 0 aliphatic carbocycles. The van der Waals surface area contributed by atoms with Crippen LogP contribution in [0.15, 0.2) is 18.3 Å². The lowest BCUT2D eigenvalue weighted by Gasteiger charge is -2.15. The van der Waals surface area contributed by atoms with Crippen molar-refractivity contribution in [2.24, 2.45) is 0 Å². The summed E-state index contributed by atoms with van der Waals surface area (Å²) in [6, 6.07) is 4.05. The number of halogens is 1. The van der Waals surface area contributed by atoms with Gasteiger partial charge in [0.15, 0.2) is 0 Å². The molecule has 10 heavy (non-hydrogen) atoms. The first-order chi connectivity index (χ1) is 4.72. The van der Waals surface area contributed by atoms with Gasteiger partial charge in [0.1, 0.15) is 4.95 Å². The minimum Gasteiger partial charge on any atom is -0.363 e. The van der Waals surface area contributed by atoms with E-state index in [1.54, 1.807) is 0 Å². The maximum Gasteiger partial charge on any atom is 0.106 e. The average Bonchev–Trinajstić information content (AvgIpc) is 2.36. The van der Waals surface area contributed by atoms with E-state index in [0.29, 0.717) is 4.95 Å². The Labute approximate surface area is 69.4 Å². The topological polar surface area (TPSA) is 19.0 Å². The highest BCUT2D eigenvalue weighted by Gasteiger charge is 2.08. The predicted octanol–water partition coefficient (Wildman–Crippen LogP) is 1.97. The number of nitrogens with one attached hydrogen (secondary N) is 1. The van der Waals surface area contributed by atoms with Crippen LogP contribution in [0.2, 0.25) is 0 Å². The number of rotatable bonds is 2. The molecule has 0 aliphatic heterocycles. The summed E-state index contributed by atoms with van der Waals surface area (Å²) in [6.45, 7) is 0. The van der Waals surface area contributed by atoms with Gasteiger partial charge in [-0.2, -0.15) is 0 Å². The molecule has 0 bridgehead atoms. The van der Waals surface area contributed by atoms with E-state index < -0.39 is 0 Å². The molecule has 1 rings (SSSR count). The van der Waals surface area contributed by atoms with Crippen LogP contribution >= 0.6 is 15.9 Å². The van der Waals surface area contributed by atoms with Gasteiger partial charge >= 0.3 is 0 Å².